The van der Waals surface area contributed by atoms with Gasteiger partial charge in [-0.2, -0.15) is 0 Å². The van der Waals surface area contributed by atoms with Crippen molar-refractivity contribution in [2.24, 2.45) is 11.8 Å². The first kappa shape index (κ1) is 18.4. The van der Waals surface area contributed by atoms with Gasteiger partial charge in [0.25, 0.3) is 0 Å². The number of rotatable bonds is 6. The van der Waals surface area contributed by atoms with Crippen LogP contribution in [0, 0.1) is 11.8 Å². The van der Waals surface area contributed by atoms with Crippen LogP contribution in [0.1, 0.15) is 26.2 Å². The van der Waals surface area contributed by atoms with Crippen molar-refractivity contribution in [1.29, 1.82) is 0 Å². The second-order valence-electron chi connectivity index (χ2n) is 8.20. The Morgan fingerprint density at radius 3 is 2.90 bits per heavy atom. The number of benzene rings is 2. The number of nitrogens with zero attached hydrogens (tertiary/aromatic N) is 1. The summed E-state index contributed by atoms with van der Waals surface area (Å²) in [6, 6.07) is 14.0. The molecule has 2 aromatic carbocycles. The number of hydrogen-bond donors (Lipinski definition) is 0. The van der Waals surface area contributed by atoms with Gasteiger partial charge in [-0.05, 0) is 17.9 Å². The molecule has 5 nitrogen and oxygen atoms in total. The molecular weight excluding hydrogens is 366 g/mol. The standard InChI is InChI=1S/C24H25NO4/c1-2-3-6-14-28-23(27)20-19-12-13-24(29-19)15-25(22(26)21(20)24)18-11-7-9-16-8-4-5-10-17(16)18/h4-5,7-13,19-21H,2-3,6,14-15H2,1H3/t19-,20-,21+,24-/m1/s1. The highest BCUT2D eigenvalue weighted by atomic mass is 16.6. The zero-order chi connectivity index (χ0) is 20.0. The molecule has 5 heteroatoms. The van der Waals surface area contributed by atoms with Crippen LogP contribution in [-0.2, 0) is 19.1 Å². The van der Waals surface area contributed by atoms with Crippen LogP contribution in [0.2, 0.25) is 0 Å². The molecule has 2 bridgehead atoms. The van der Waals surface area contributed by atoms with Crippen molar-refractivity contribution >= 4 is 28.3 Å². The molecule has 29 heavy (non-hydrogen) atoms. The first-order valence-corrected chi connectivity index (χ1v) is 10.5. The second-order valence-corrected chi connectivity index (χ2v) is 8.20. The van der Waals surface area contributed by atoms with Crippen LogP contribution in [0.4, 0.5) is 5.69 Å². The van der Waals surface area contributed by atoms with Gasteiger partial charge >= 0.3 is 5.97 Å². The maximum atomic E-state index is 13.5. The molecule has 150 valence electrons. The predicted octanol–water partition coefficient (Wildman–Crippen LogP) is 3.86. The zero-order valence-electron chi connectivity index (χ0n) is 16.5. The molecule has 0 radical (unpaired) electrons. The molecule has 0 saturated carbocycles. The Labute approximate surface area is 170 Å². The summed E-state index contributed by atoms with van der Waals surface area (Å²) in [5, 5.41) is 2.11. The van der Waals surface area contributed by atoms with Crippen molar-refractivity contribution in [3.05, 3.63) is 54.6 Å². The Morgan fingerprint density at radius 1 is 1.21 bits per heavy atom. The van der Waals surface area contributed by atoms with E-state index in [0.717, 1.165) is 35.7 Å². The van der Waals surface area contributed by atoms with Crippen molar-refractivity contribution in [3.63, 3.8) is 0 Å². The smallest absolute Gasteiger partial charge is 0.312 e. The van der Waals surface area contributed by atoms with E-state index in [1.54, 1.807) is 4.90 Å². The van der Waals surface area contributed by atoms with Gasteiger partial charge in [0.2, 0.25) is 5.91 Å². The summed E-state index contributed by atoms with van der Waals surface area (Å²) < 4.78 is 11.7. The Balaban J connectivity index is 1.44. The maximum absolute atomic E-state index is 13.5. The Kier molecular flexibility index (Phi) is 4.43. The van der Waals surface area contributed by atoms with E-state index >= 15 is 0 Å². The van der Waals surface area contributed by atoms with E-state index in [-0.39, 0.29) is 18.0 Å². The largest absolute Gasteiger partial charge is 0.465 e. The fourth-order valence-corrected chi connectivity index (χ4v) is 5.04. The van der Waals surface area contributed by atoms with Crippen molar-refractivity contribution in [2.75, 3.05) is 18.1 Å². The van der Waals surface area contributed by atoms with Crippen molar-refractivity contribution in [2.45, 2.75) is 37.9 Å². The number of esters is 1. The fraction of sp³-hybridized carbons (Fsp3) is 0.417. The van der Waals surface area contributed by atoms with Gasteiger partial charge in [-0.15, -0.1) is 0 Å². The van der Waals surface area contributed by atoms with Gasteiger partial charge < -0.3 is 14.4 Å². The van der Waals surface area contributed by atoms with E-state index in [1.165, 1.54) is 0 Å². The minimum atomic E-state index is -0.730. The number of amides is 1. The van der Waals surface area contributed by atoms with Crippen LogP contribution in [-0.4, -0.2) is 36.7 Å². The van der Waals surface area contributed by atoms with Crippen LogP contribution in [0.5, 0.6) is 0 Å². The first-order valence-electron chi connectivity index (χ1n) is 10.5. The van der Waals surface area contributed by atoms with E-state index in [0.29, 0.717) is 13.2 Å². The van der Waals surface area contributed by atoms with Gasteiger partial charge in [0, 0.05) is 5.39 Å². The average molecular weight is 391 g/mol. The Morgan fingerprint density at radius 2 is 2.03 bits per heavy atom. The summed E-state index contributed by atoms with van der Waals surface area (Å²) in [6.45, 7) is 2.94. The lowest BCUT2D eigenvalue weighted by atomic mass is 9.77. The summed E-state index contributed by atoms with van der Waals surface area (Å²) in [5.41, 5.74) is 0.138. The molecule has 1 spiro atoms. The highest BCUT2D eigenvalue weighted by molar-refractivity contribution is 6.08. The highest BCUT2D eigenvalue weighted by Crippen LogP contribution is 2.53. The van der Waals surface area contributed by atoms with E-state index in [4.69, 9.17) is 9.47 Å². The lowest BCUT2D eigenvalue weighted by Crippen LogP contribution is -2.40. The lowest BCUT2D eigenvalue weighted by Gasteiger charge is -2.23. The molecule has 3 aliphatic heterocycles. The molecule has 3 heterocycles. The third-order valence-corrected chi connectivity index (χ3v) is 6.42. The van der Waals surface area contributed by atoms with Gasteiger partial charge in [-0.1, -0.05) is 68.3 Å². The molecule has 0 N–H and O–H groups in total. The summed E-state index contributed by atoms with van der Waals surface area (Å²) in [7, 11) is 0. The van der Waals surface area contributed by atoms with Crippen LogP contribution < -0.4 is 4.90 Å². The molecule has 4 atom stereocenters. The molecule has 2 saturated heterocycles. The molecule has 5 rings (SSSR count). The van der Waals surface area contributed by atoms with Gasteiger partial charge in [0.15, 0.2) is 0 Å². The van der Waals surface area contributed by atoms with Crippen molar-refractivity contribution in [1.82, 2.24) is 0 Å². The number of carbonyl (C=O) groups excluding carboxylic acids is 2. The molecule has 2 aromatic rings. The van der Waals surface area contributed by atoms with Crippen molar-refractivity contribution in [3.8, 4) is 0 Å². The second kappa shape index (κ2) is 6.99. The van der Waals surface area contributed by atoms with E-state index in [2.05, 4.69) is 6.92 Å². The lowest BCUT2D eigenvalue weighted by molar-refractivity contribution is -0.152. The van der Waals surface area contributed by atoms with Crippen LogP contribution in [0.15, 0.2) is 54.6 Å². The fourth-order valence-electron chi connectivity index (χ4n) is 5.04. The average Bonchev–Trinajstić information content (AvgIpc) is 3.39. The van der Waals surface area contributed by atoms with Crippen LogP contribution >= 0.6 is 0 Å². The topological polar surface area (TPSA) is 55.8 Å². The number of fused-ring (bicyclic) bond motifs is 2. The highest BCUT2D eigenvalue weighted by Gasteiger charge is 2.67. The first-order chi connectivity index (χ1) is 14.1. The van der Waals surface area contributed by atoms with Gasteiger partial charge in [0.05, 0.1) is 30.9 Å². The molecular formula is C24H25NO4. The van der Waals surface area contributed by atoms with E-state index < -0.39 is 17.4 Å². The molecule has 0 unspecified atom stereocenters. The van der Waals surface area contributed by atoms with Crippen molar-refractivity contribution < 1.29 is 19.1 Å². The third kappa shape index (κ3) is 2.79. The molecule has 3 aliphatic rings. The number of unbranched alkanes of at least 4 members (excludes halogenated alkanes) is 2. The number of carbonyl (C=O) groups is 2. The minimum Gasteiger partial charge on any atom is -0.465 e. The normalized spacial score (nSPS) is 29.6. The zero-order valence-corrected chi connectivity index (χ0v) is 16.5. The minimum absolute atomic E-state index is 0.0521. The molecule has 1 amide bonds. The van der Waals surface area contributed by atoms with E-state index in [1.807, 2.05) is 54.6 Å². The summed E-state index contributed by atoms with van der Waals surface area (Å²) in [6.07, 6.45) is 6.48. The number of anilines is 1. The monoisotopic (exact) mass is 391 g/mol. The number of hydrogen-bond acceptors (Lipinski definition) is 4. The van der Waals surface area contributed by atoms with Gasteiger partial charge in [-0.3, -0.25) is 9.59 Å². The SMILES string of the molecule is CCCCCOC(=O)[C@H]1[C@H]2C(=O)N(c3cccc4ccccc34)C[C@]23C=C[C@H]1O3. The molecule has 0 aromatic heterocycles. The quantitative estimate of drug-likeness (QED) is 0.426. The molecule has 2 fully saturated rings. The predicted molar refractivity (Wildman–Crippen MR) is 111 cm³/mol. The summed E-state index contributed by atoms with van der Waals surface area (Å²) in [4.78, 5) is 28.1. The third-order valence-electron chi connectivity index (χ3n) is 6.42. The summed E-state index contributed by atoms with van der Waals surface area (Å²) in [5.74, 6) is -1.44. The van der Waals surface area contributed by atoms with Crippen LogP contribution in [0.25, 0.3) is 10.8 Å². The van der Waals surface area contributed by atoms with Gasteiger partial charge in [0.1, 0.15) is 11.5 Å². The number of ether oxygens (including phenoxy) is 2. The Bertz CT molecular complexity index is 994. The van der Waals surface area contributed by atoms with Crippen LogP contribution in [0.3, 0.4) is 0 Å². The molecule has 0 aliphatic carbocycles. The Hall–Kier alpha value is -2.66. The van der Waals surface area contributed by atoms with Gasteiger partial charge in [-0.25, -0.2) is 0 Å². The van der Waals surface area contributed by atoms with E-state index in [9.17, 15) is 9.59 Å². The summed E-state index contributed by atoms with van der Waals surface area (Å²) >= 11 is 0. The maximum Gasteiger partial charge on any atom is 0.312 e.